The maximum Gasteiger partial charge on any atom is -0.172 e. The van der Waals surface area contributed by atoms with Gasteiger partial charge in [-0.3, -0.25) is 0 Å². The van der Waals surface area contributed by atoms with Crippen molar-refractivity contribution in [3.05, 3.63) is 154 Å². The SMILES string of the molecule is Cc1cc2[cH-]c3cc(C)c(C(C)(C)C)cc3c2cc1C(C)(C)C.[Cl][Zr]([Cl])=[C](c1cccc(C(Cl)(Cl)Cl)c1)c1cccc(C(Cl)(Cl)Cl)c1.c1cc[cH-]c1. The molecular formula is C43H42Cl8Zr-2. The number of fused-ring (bicyclic) bond motifs is 3. The Labute approximate surface area is 354 Å². The van der Waals surface area contributed by atoms with Crippen LogP contribution in [0.3, 0.4) is 0 Å². The summed E-state index contributed by atoms with van der Waals surface area (Å²) in [6, 6.07) is 36.2. The minimum atomic E-state index is -2.89. The zero-order valence-corrected chi connectivity index (χ0v) is 38.9. The second-order valence-corrected chi connectivity index (χ2v) is 27.6. The standard InChI is InChI=1S/C23H29.C15H8Cl6.C5H5.2ClH.Zr/c1-14-9-16-11-17-10-15(2)21(23(6,7)8)13-19(17)18(16)12-20(14)22(3,4)5;16-14(17,18)12-5-1-3-10(8-12)7-11-4-2-6-13(9-11)15(19,20)21;1-2-4-5-3-1;;;/h9-13H,1-8H3;1-6,8-9H;1-5H;2*1H;/q-1;;-1;;;+2/p-2. The zero-order chi connectivity index (χ0) is 38.8. The summed E-state index contributed by atoms with van der Waals surface area (Å²) in [5, 5.41) is 5.55. The van der Waals surface area contributed by atoms with E-state index in [1.807, 2.05) is 42.5 Å². The van der Waals surface area contributed by atoms with Crippen LogP contribution in [0.5, 0.6) is 0 Å². The summed E-state index contributed by atoms with van der Waals surface area (Å²) in [5.74, 6) is 0. The van der Waals surface area contributed by atoms with Crippen LogP contribution in [0.1, 0.15) is 86.1 Å². The molecule has 9 heteroatoms. The van der Waals surface area contributed by atoms with Gasteiger partial charge in [-0.2, -0.15) is 18.2 Å². The average molecular weight is 934 g/mol. The largest absolute Gasteiger partial charge is 0.214 e. The molecule has 0 aromatic heterocycles. The molecule has 0 amide bonds. The Balaban J connectivity index is 0.000000205. The molecule has 0 aliphatic heterocycles. The summed E-state index contributed by atoms with van der Waals surface area (Å²) in [4.78, 5) is 0. The molecule has 0 N–H and O–H groups in total. The van der Waals surface area contributed by atoms with Crippen LogP contribution in [0.2, 0.25) is 0 Å². The van der Waals surface area contributed by atoms with Gasteiger partial charge >= 0.3 is 187 Å². The van der Waals surface area contributed by atoms with Crippen molar-refractivity contribution < 1.29 is 18.9 Å². The van der Waals surface area contributed by atoms with E-state index < -0.39 is 26.5 Å². The summed E-state index contributed by atoms with van der Waals surface area (Å²) in [7, 11) is 12.7. The number of alkyl halides is 6. The maximum absolute atomic E-state index is 6.37. The summed E-state index contributed by atoms with van der Waals surface area (Å²) in [5.41, 5.74) is 8.70. The van der Waals surface area contributed by atoms with Crippen LogP contribution in [0.25, 0.3) is 21.5 Å². The smallest absolute Gasteiger partial charge is 0.172 e. The monoisotopic (exact) mass is 928 g/mol. The molecule has 0 aliphatic rings. The van der Waals surface area contributed by atoms with Crippen molar-refractivity contribution in [1.29, 1.82) is 0 Å². The minimum Gasteiger partial charge on any atom is -0.214 e. The Morgan fingerprint density at radius 1 is 0.538 bits per heavy atom. The van der Waals surface area contributed by atoms with Crippen LogP contribution < -0.4 is 0 Å². The van der Waals surface area contributed by atoms with Crippen molar-refractivity contribution in [2.75, 3.05) is 0 Å². The van der Waals surface area contributed by atoms with Crippen LogP contribution >= 0.6 is 86.6 Å². The zero-order valence-electron chi connectivity index (χ0n) is 30.4. The van der Waals surface area contributed by atoms with Gasteiger partial charge in [0.05, 0.1) is 0 Å². The molecule has 0 bridgehead atoms. The Morgan fingerprint density at radius 3 is 1.21 bits per heavy atom. The summed E-state index contributed by atoms with van der Waals surface area (Å²) in [6.07, 6.45) is 0. The van der Waals surface area contributed by atoms with Crippen molar-refractivity contribution in [3.63, 3.8) is 0 Å². The van der Waals surface area contributed by atoms with Gasteiger partial charge in [-0.15, -0.1) is 39.7 Å². The van der Waals surface area contributed by atoms with E-state index in [-0.39, 0.29) is 10.8 Å². The fraction of sp³-hybridized carbons (Fsp3) is 0.279. The molecule has 6 rings (SSSR count). The second-order valence-electron chi connectivity index (χ2n) is 14.9. The van der Waals surface area contributed by atoms with Crippen LogP contribution in [-0.2, 0) is 37.3 Å². The first-order valence-electron chi connectivity index (χ1n) is 16.7. The third-order valence-electron chi connectivity index (χ3n) is 8.71. The van der Waals surface area contributed by atoms with Crippen molar-refractivity contribution in [2.24, 2.45) is 0 Å². The Bertz CT molecular complexity index is 2010. The fourth-order valence-corrected chi connectivity index (χ4v) is 11.5. The topological polar surface area (TPSA) is 0 Å². The first-order valence-corrected chi connectivity index (χ1v) is 26.5. The quantitative estimate of drug-likeness (QED) is 0.120. The van der Waals surface area contributed by atoms with Crippen LogP contribution in [-0.4, -0.2) is 3.21 Å². The molecule has 0 saturated carbocycles. The van der Waals surface area contributed by atoms with Crippen LogP contribution in [0.4, 0.5) is 0 Å². The van der Waals surface area contributed by atoms with Gasteiger partial charge in [-0.05, 0) is 24.7 Å². The number of hydrogen-bond donors (Lipinski definition) is 0. The Kier molecular flexibility index (Phi) is 14.8. The molecule has 0 saturated heterocycles. The van der Waals surface area contributed by atoms with Gasteiger partial charge in [0.15, 0.2) is 0 Å². The molecule has 0 nitrogen and oxygen atoms in total. The van der Waals surface area contributed by atoms with Gasteiger partial charge < -0.3 is 0 Å². The van der Waals surface area contributed by atoms with Crippen molar-refractivity contribution in [2.45, 2.75) is 73.8 Å². The van der Waals surface area contributed by atoms with Crippen molar-refractivity contribution in [3.8, 4) is 0 Å². The van der Waals surface area contributed by atoms with E-state index in [1.54, 1.807) is 36.4 Å². The number of halogens is 8. The van der Waals surface area contributed by atoms with E-state index in [0.29, 0.717) is 11.1 Å². The predicted octanol–water partition coefficient (Wildman–Crippen LogP) is 16.2. The van der Waals surface area contributed by atoms with Gasteiger partial charge in [0.1, 0.15) is 0 Å². The first kappa shape index (κ1) is 43.9. The van der Waals surface area contributed by atoms with Crippen LogP contribution in [0.15, 0.2) is 109 Å². The molecule has 0 unspecified atom stereocenters. The normalized spacial score (nSPS) is 12.2. The summed E-state index contributed by atoms with van der Waals surface area (Å²) >= 11 is 32.9. The molecule has 0 spiro atoms. The van der Waals surface area contributed by atoms with Crippen LogP contribution in [0, 0.1) is 13.8 Å². The molecule has 6 aromatic carbocycles. The number of aryl methyl sites for hydroxylation is 2. The maximum atomic E-state index is 6.37. The van der Waals surface area contributed by atoms with E-state index in [9.17, 15) is 0 Å². The number of benzene rings is 4. The van der Waals surface area contributed by atoms with Gasteiger partial charge in [0, 0.05) is 0 Å². The molecule has 0 fully saturated rings. The van der Waals surface area contributed by atoms with Gasteiger partial charge in [-0.25, -0.2) is 12.1 Å². The average Bonchev–Trinajstić information content (AvgIpc) is 3.71. The molecule has 0 atom stereocenters. The first-order chi connectivity index (χ1) is 24.0. The molecule has 276 valence electrons. The molecule has 52 heavy (non-hydrogen) atoms. The summed E-state index contributed by atoms with van der Waals surface area (Å²) in [6.45, 7) is 18.3. The minimum absolute atomic E-state index is 0.180. The number of rotatable bonds is 2. The van der Waals surface area contributed by atoms with E-state index in [4.69, 9.17) is 86.6 Å². The second kappa shape index (κ2) is 17.5. The van der Waals surface area contributed by atoms with Gasteiger partial charge in [0.25, 0.3) is 0 Å². The van der Waals surface area contributed by atoms with Gasteiger partial charge in [0.2, 0.25) is 0 Å². The fourth-order valence-electron chi connectivity index (χ4n) is 6.36. The van der Waals surface area contributed by atoms with E-state index >= 15 is 0 Å². The third-order valence-corrected chi connectivity index (χ3v) is 14.6. The predicted molar refractivity (Wildman–Crippen MR) is 232 cm³/mol. The summed E-state index contributed by atoms with van der Waals surface area (Å²) < 4.78 is -2.27. The van der Waals surface area contributed by atoms with Crippen molar-refractivity contribution >= 4 is 111 Å². The Morgan fingerprint density at radius 2 is 0.923 bits per heavy atom. The van der Waals surface area contributed by atoms with Gasteiger partial charge in [-0.1, -0.05) is 75.9 Å². The third kappa shape index (κ3) is 11.4. The van der Waals surface area contributed by atoms with E-state index in [1.165, 1.54) is 43.8 Å². The van der Waals surface area contributed by atoms with Crippen molar-refractivity contribution in [1.82, 2.24) is 0 Å². The molecule has 0 radical (unpaired) electrons. The van der Waals surface area contributed by atoms with E-state index in [2.05, 4.69) is 85.7 Å². The number of hydrogen-bond acceptors (Lipinski definition) is 0. The molecule has 0 aliphatic carbocycles. The van der Waals surface area contributed by atoms with E-state index in [0.717, 1.165) is 14.3 Å². The molecule has 6 aromatic rings. The Hall–Kier alpha value is -0.827. The molecular weight excluding hydrogens is 891 g/mol. The molecule has 0 heterocycles.